The molecule has 0 aliphatic carbocycles. The molecule has 0 fully saturated rings. The molecule has 3 aromatic rings. The second-order valence-corrected chi connectivity index (χ2v) is 5.40. The molecule has 122 valence electrons. The Hall–Kier alpha value is -3.21. The van der Waals surface area contributed by atoms with Crippen molar-refractivity contribution in [2.45, 2.75) is 6.92 Å². The van der Waals surface area contributed by atoms with E-state index in [1.165, 1.54) is 16.8 Å². The molecule has 0 unspecified atom stereocenters. The van der Waals surface area contributed by atoms with Gasteiger partial charge in [-0.15, -0.1) is 20.5 Å². The molecule has 2 heterocycles. The van der Waals surface area contributed by atoms with Crippen molar-refractivity contribution in [2.24, 2.45) is 27.5 Å². The molecule has 2 aromatic heterocycles. The highest BCUT2D eigenvalue weighted by atomic mass is 32.1. The number of aryl methyl sites for hydroxylation is 2. The van der Waals surface area contributed by atoms with Crippen molar-refractivity contribution in [3.8, 4) is 11.5 Å². The van der Waals surface area contributed by atoms with Crippen LogP contribution in [0.3, 0.4) is 0 Å². The van der Waals surface area contributed by atoms with Crippen LogP contribution in [0.4, 0.5) is 22.3 Å². The third-order valence-electron chi connectivity index (χ3n) is 2.89. The number of rotatable bonds is 4. The lowest BCUT2D eigenvalue weighted by molar-refractivity contribution is 0.462. The average Bonchev–Trinajstić information content (AvgIpc) is 3.15. The first-order valence-corrected chi connectivity index (χ1v) is 7.48. The molecule has 1 aromatic carbocycles. The van der Waals surface area contributed by atoms with E-state index in [0.29, 0.717) is 16.8 Å². The highest BCUT2D eigenvalue weighted by Crippen LogP contribution is 2.39. The molecular weight excluding hydrogens is 332 g/mol. The van der Waals surface area contributed by atoms with Gasteiger partial charge >= 0.3 is 0 Å². The normalized spacial score (nSPS) is 11.8. The zero-order valence-electron chi connectivity index (χ0n) is 12.7. The fourth-order valence-electron chi connectivity index (χ4n) is 1.71. The maximum absolute atomic E-state index is 10.0. The maximum atomic E-state index is 10.0. The summed E-state index contributed by atoms with van der Waals surface area (Å²) in [5.41, 5.74) is 0.180. The minimum Gasteiger partial charge on any atom is -0.506 e. The highest BCUT2D eigenvalue weighted by Gasteiger charge is 2.09. The molecular formula is C13H12N8O2S. The van der Waals surface area contributed by atoms with E-state index >= 15 is 0 Å². The summed E-state index contributed by atoms with van der Waals surface area (Å²) in [5.74, 6) is 0.703. The number of hydrogen-bond acceptors (Lipinski definition) is 10. The second-order valence-electron chi connectivity index (χ2n) is 4.67. The van der Waals surface area contributed by atoms with Gasteiger partial charge in [-0.1, -0.05) is 0 Å². The Morgan fingerprint density at radius 2 is 1.71 bits per heavy atom. The zero-order chi connectivity index (χ0) is 17.1. The standard InChI is InChI=1S/C13H12N8O2S/c1-7-15-13(24-20-7)19-17-9-6-10(22)8(5-11(9)23)16-18-12-3-4-14-21(12)2/h3-6,22-23H,1-2H3/b18-16+,19-17+. The van der Waals surface area contributed by atoms with E-state index in [-0.39, 0.29) is 22.9 Å². The Morgan fingerprint density at radius 3 is 2.25 bits per heavy atom. The molecule has 2 N–H and O–H groups in total. The van der Waals surface area contributed by atoms with Crippen LogP contribution in [0.2, 0.25) is 0 Å². The number of phenolic OH excluding ortho intramolecular Hbond substituents is 2. The maximum Gasteiger partial charge on any atom is 0.249 e. The number of hydrogen-bond donors (Lipinski definition) is 2. The average molecular weight is 344 g/mol. The lowest BCUT2D eigenvalue weighted by atomic mass is 10.2. The Labute approximate surface area is 140 Å². The SMILES string of the molecule is Cc1nsc(/N=N/c2cc(O)c(/N=N/c3ccnn3C)cc2O)n1. The highest BCUT2D eigenvalue weighted by molar-refractivity contribution is 7.09. The summed E-state index contributed by atoms with van der Waals surface area (Å²) in [6.45, 7) is 1.74. The van der Waals surface area contributed by atoms with Gasteiger partial charge in [-0.25, -0.2) is 9.67 Å². The zero-order valence-corrected chi connectivity index (χ0v) is 13.5. The van der Waals surface area contributed by atoms with Gasteiger partial charge in [0.1, 0.15) is 28.7 Å². The van der Waals surface area contributed by atoms with Gasteiger partial charge in [-0.2, -0.15) is 9.47 Å². The van der Waals surface area contributed by atoms with Gasteiger partial charge in [0.15, 0.2) is 5.82 Å². The van der Waals surface area contributed by atoms with Crippen LogP contribution in [0, 0.1) is 6.92 Å². The van der Waals surface area contributed by atoms with Crippen molar-refractivity contribution in [3.05, 3.63) is 30.2 Å². The number of nitrogens with zero attached hydrogens (tertiary/aromatic N) is 8. The van der Waals surface area contributed by atoms with Crippen molar-refractivity contribution in [2.75, 3.05) is 0 Å². The Balaban J connectivity index is 1.84. The van der Waals surface area contributed by atoms with E-state index in [2.05, 4.69) is 34.9 Å². The first-order valence-electron chi connectivity index (χ1n) is 6.70. The van der Waals surface area contributed by atoms with Crippen molar-refractivity contribution in [1.82, 2.24) is 19.1 Å². The van der Waals surface area contributed by atoms with Crippen LogP contribution in [0.25, 0.3) is 0 Å². The molecule has 0 atom stereocenters. The van der Waals surface area contributed by atoms with Gasteiger partial charge in [0.05, 0.1) is 6.20 Å². The minimum absolute atomic E-state index is 0.0832. The van der Waals surface area contributed by atoms with Crippen LogP contribution in [0.5, 0.6) is 11.5 Å². The number of aromatic hydroxyl groups is 2. The van der Waals surface area contributed by atoms with Crippen LogP contribution in [0.15, 0.2) is 44.9 Å². The summed E-state index contributed by atoms with van der Waals surface area (Å²) in [7, 11) is 1.71. The first-order chi connectivity index (χ1) is 11.5. The molecule has 0 amide bonds. The van der Waals surface area contributed by atoms with Crippen LogP contribution in [-0.2, 0) is 7.05 Å². The number of phenols is 2. The van der Waals surface area contributed by atoms with E-state index in [0.717, 1.165) is 11.5 Å². The molecule has 0 radical (unpaired) electrons. The van der Waals surface area contributed by atoms with Gasteiger partial charge in [0, 0.05) is 36.8 Å². The molecule has 0 aliphatic rings. The van der Waals surface area contributed by atoms with Crippen LogP contribution < -0.4 is 0 Å². The second kappa shape index (κ2) is 6.50. The van der Waals surface area contributed by atoms with E-state index < -0.39 is 0 Å². The van der Waals surface area contributed by atoms with Gasteiger partial charge in [-0.3, -0.25) is 0 Å². The lowest BCUT2D eigenvalue weighted by Gasteiger charge is -2.02. The fraction of sp³-hybridized carbons (Fsp3) is 0.154. The van der Waals surface area contributed by atoms with Crippen molar-refractivity contribution in [3.63, 3.8) is 0 Å². The van der Waals surface area contributed by atoms with Crippen LogP contribution in [0.1, 0.15) is 5.82 Å². The van der Waals surface area contributed by atoms with E-state index in [1.807, 2.05) is 0 Å². The third kappa shape index (κ3) is 3.41. The van der Waals surface area contributed by atoms with E-state index in [4.69, 9.17) is 0 Å². The van der Waals surface area contributed by atoms with Gasteiger partial charge in [0.2, 0.25) is 5.13 Å². The summed E-state index contributed by atoms with van der Waals surface area (Å²) in [6.07, 6.45) is 1.57. The summed E-state index contributed by atoms with van der Waals surface area (Å²) in [5, 5.41) is 39.9. The predicted octanol–water partition coefficient (Wildman–Crippen LogP) is 3.82. The smallest absolute Gasteiger partial charge is 0.249 e. The molecule has 0 saturated heterocycles. The minimum atomic E-state index is -0.197. The monoisotopic (exact) mass is 344 g/mol. The molecule has 0 aliphatic heterocycles. The molecule has 0 bridgehead atoms. The molecule has 11 heteroatoms. The number of azo groups is 2. The summed E-state index contributed by atoms with van der Waals surface area (Å²) >= 11 is 1.08. The quantitative estimate of drug-likeness (QED) is 0.548. The molecule has 3 rings (SSSR count). The van der Waals surface area contributed by atoms with Crippen molar-refractivity contribution >= 4 is 33.9 Å². The molecule has 10 nitrogen and oxygen atoms in total. The summed E-state index contributed by atoms with van der Waals surface area (Å²) in [4.78, 5) is 4.02. The number of aromatic nitrogens is 4. The molecule has 0 saturated carbocycles. The lowest BCUT2D eigenvalue weighted by Crippen LogP contribution is -1.86. The third-order valence-corrected chi connectivity index (χ3v) is 3.58. The van der Waals surface area contributed by atoms with Crippen LogP contribution in [-0.4, -0.2) is 29.4 Å². The van der Waals surface area contributed by atoms with Crippen molar-refractivity contribution in [1.29, 1.82) is 0 Å². The Bertz CT molecular complexity index is 930. The molecule has 0 spiro atoms. The van der Waals surface area contributed by atoms with E-state index in [1.54, 1.807) is 26.2 Å². The fourth-order valence-corrected chi connectivity index (χ4v) is 2.21. The predicted molar refractivity (Wildman–Crippen MR) is 86.0 cm³/mol. The first kappa shape index (κ1) is 15.7. The number of benzene rings is 1. The van der Waals surface area contributed by atoms with Crippen molar-refractivity contribution < 1.29 is 10.2 Å². The Morgan fingerprint density at radius 1 is 1.04 bits per heavy atom. The topological polar surface area (TPSA) is 134 Å². The molecule has 24 heavy (non-hydrogen) atoms. The van der Waals surface area contributed by atoms with Gasteiger partial charge in [-0.05, 0) is 6.92 Å². The van der Waals surface area contributed by atoms with Gasteiger partial charge < -0.3 is 10.2 Å². The van der Waals surface area contributed by atoms with Crippen LogP contribution >= 0.6 is 11.5 Å². The largest absolute Gasteiger partial charge is 0.506 e. The Kier molecular flexibility index (Phi) is 4.24. The van der Waals surface area contributed by atoms with Gasteiger partial charge in [0.25, 0.3) is 0 Å². The van der Waals surface area contributed by atoms with E-state index in [9.17, 15) is 10.2 Å². The summed E-state index contributed by atoms with van der Waals surface area (Å²) < 4.78 is 5.49. The summed E-state index contributed by atoms with van der Waals surface area (Å²) in [6, 6.07) is 4.15.